The number of carbonyl (C=O) groups is 1. The lowest BCUT2D eigenvalue weighted by Gasteiger charge is -2.16. The van der Waals surface area contributed by atoms with Gasteiger partial charge in [-0.1, -0.05) is 17.7 Å². The Morgan fingerprint density at radius 2 is 1.82 bits per heavy atom. The van der Waals surface area contributed by atoms with Crippen LogP contribution in [0.5, 0.6) is 0 Å². The smallest absolute Gasteiger partial charge is 0.303 e. The largest absolute Gasteiger partial charge is 0.481 e. The van der Waals surface area contributed by atoms with Crippen molar-refractivity contribution in [3.63, 3.8) is 0 Å². The van der Waals surface area contributed by atoms with E-state index in [1.165, 1.54) is 0 Å². The number of likely N-dealkylation sites (N-methyl/N-ethyl adjacent to an activating group) is 1. The lowest BCUT2D eigenvalue weighted by atomic mass is 10.2. The number of benzene rings is 1. The molecule has 0 bridgehead atoms. The molecule has 0 saturated carbocycles. The van der Waals surface area contributed by atoms with Gasteiger partial charge in [-0.3, -0.25) is 4.79 Å². The van der Waals surface area contributed by atoms with Crippen LogP contribution in [-0.2, 0) is 14.8 Å². The van der Waals surface area contributed by atoms with Crippen LogP contribution in [0.4, 0.5) is 0 Å². The first-order valence-electron chi connectivity index (χ1n) is 7.28. The fourth-order valence-electron chi connectivity index (χ4n) is 1.94. The molecule has 2 N–H and O–H groups in total. The van der Waals surface area contributed by atoms with Gasteiger partial charge in [-0.2, -0.15) is 0 Å². The first-order chi connectivity index (χ1) is 10.3. The number of nitrogens with zero attached hydrogens (tertiary/aromatic N) is 1. The van der Waals surface area contributed by atoms with Crippen molar-refractivity contribution in [3.05, 3.63) is 29.8 Å². The number of aryl methyl sites for hydroxylation is 1. The zero-order valence-corrected chi connectivity index (χ0v) is 13.9. The normalized spacial score (nSPS) is 11.8. The van der Waals surface area contributed by atoms with E-state index in [1.54, 1.807) is 24.3 Å². The number of unbranched alkanes of at least 4 members (excludes halogenated alkanes) is 1. The van der Waals surface area contributed by atoms with E-state index in [9.17, 15) is 13.2 Å². The van der Waals surface area contributed by atoms with E-state index in [1.807, 2.05) is 18.9 Å². The molecule has 1 aromatic rings. The second kappa shape index (κ2) is 8.87. The number of carboxylic acids is 1. The van der Waals surface area contributed by atoms with E-state index in [0.29, 0.717) is 19.5 Å². The molecular formula is C15H24N2O4S. The molecule has 6 nitrogen and oxygen atoms in total. The average Bonchev–Trinajstić information content (AvgIpc) is 2.43. The van der Waals surface area contributed by atoms with Crippen molar-refractivity contribution in [3.8, 4) is 0 Å². The van der Waals surface area contributed by atoms with Crippen LogP contribution < -0.4 is 4.72 Å². The predicted molar refractivity (Wildman–Crippen MR) is 85.4 cm³/mol. The summed E-state index contributed by atoms with van der Waals surface area (Å²) in [4.78, 5) is 12.6. The van der Waals surface area contributed by atoms with Crippen LogP contribution in [0.1, 0.15) is 24.8 Å². The monoisotopic (exact) mass is 328 g/mol. The molecule has 124 valence electrons. The second-order valence-corrected chi connectivity index (χ2v) is 7.13. The summed E-state index contributed by atoms with van der Waals surface area (Å²) < 4.78 is 26.7. The molecular weight excluding hydrogens is 304 g/mol. The summed E-state index contributed by atoms with van der Waals surface area (Å²) >= 11 is 0. The quantitative estimate of drug-likeness (QED) is 0.635. The molecule has 0 fully saturated rings. The van der Waals surface area contributed by atoms with E-state index in [4.69, 9.17) is 5.11 Å². The molecule has 0 amide bonds. The van der Waals surface area contributed by atoms with Crippen molar-refractivity contribution in [2.45, 2.75) is 31.1 Å². The van der Waals surface area contributed by atoms with Crippen LogP contribution in [0, 0.1) is 6.92 Å². The topological polar surface area (TPSA) is 86.7 Å². The standard InChI is InChI=1S/C15H24N2O4S/c1-13-6-8-14(9-7-13)22(20,21)16-10-12-17(2)11-4-3-5-15(18)19/h6-9,16H,3-5,10-12H2,1-2H3,(H,18,19). The summed E-state index contributed by atoms with van der Waals surface area (Å²) in [6, 6.07) is 6.72. The maximum absolute atomic E-state index is 12.1. The number of aliphatic carboxylic acids is 1. The molecule has 0 spiro atoms. The van der Waals surface area contributed by atoms with Gasteiger partial charge in [-0.25, -0.2) is 13.1 Å². The molecule has 0 aliphatic heterocycles. The molecule has 0 saturated heterocycles. The number of rotatable bonds is 10. The molecule has 1 aromatic carbocycles. The first-order valence-corrected chi connectivity index (χ1v) is 8.76. The van der Waals surface area contributed by atoms with Gasteiger partial charge in [0.1, 0.15) is 0 Å². The zero-order chi connectivity index (χ0) is 16.6. The van der Waals surface area contributed by atoms with Gasteiger partial charge in [0.25, 0.3) is 0 Å². The number of sulfonamides is 1. The molecule has 0 heterocycles. The van der Waals surface area contributed by atoms with E-state index in [2.05, 4.69) is 4.72 Å². The van der Waals surface area contributed by atoms with Crippen molar-refractivity contribution in [1.82, 2.24) is 9.62 Å². The van der Waals surface area contributed by atoms with Crippen LogP contribution in [0.2, 0.25) is 0 Å². The van der Waals surface area contributed by atoms with Crippen LogP contribution in [-0.4, -0.2) is 51.1 Å². The number of hydrogen-bond donors (Lipinski definition) is 2. The van der Waals surface area contributed by atoms with Crippen molar-refractivity contribution < 1.29 is 18.3 Å². The SMILES string of the molecule is Cc1ccc(S(=O)(=O)NCCN(C)CCCCC(=O)O)cc1. The van der Waals surface area contributed by atoms with Gasteiger partial charge in [0.05, 0.1) is 4.90 Å². The Labute approximate surface area is 132 Å². The Kier molecular flexibility index (Phi) is 7.50. The van der Waals surface area contributed by atoms with E-state index >= 15 is 0 Å². The molecule has 1 rings (SSSR count). The van der Waals surface area contributed by atoms with Crippen molar-refractivity contribution in [2.24, 2.45) is 0 Å². The lowest BCUT2D eigenvalue weighted by Crippen LogP contribution is -2.33. The van der Waals surface area contributed by atoms with Crippen molar-refractivity contribution in [1.29, 1.82) is 0 Å². The van der Waals surface area contributed by atoms with Crippen LogP contribution >= 0.6 is 0 Å². The van der Waals surface area contributed by atoms with Crippen LogP contribution in [0.3, 0.4) is 0 Å². The summed E-state index contributed by atoms with van der Waals surface area (Å²) in [6.07, 6.45) is 1.59. The second-order valence-electron chi connectivity index (χ2n) is 5.36. The zero-order valence-electron chi connectivity index (χ0n) is 13.1. The Bertz CT molecular complexity index is 570. The fourth-order valence-corrected chi connectivity index (χ4v) is 2.96. The predicted octanol–water partition coefficient (Wildman–Crippen LogP) is 1.46. The minimum atomic E-state index is -3.46. The Morgan fingerprint density at radius 1 is 1.18 bits per heavy atom. The number of nitrogens with one attached hydrogen (secondary N) is 1. The third-order valence-corrected chi connectivity index (χ3v) is 4.77. The Morgan fingerprint density at radius 3 is 2.41 bits per heavy atom. The maximum Gasteiger partial charge on any atom is 0.303 e. The van der Waals surface area contributed by atoms with Gasteiger partial charge in [-0.05, 0) is 45.5 Å². The lowest BCUT2D eigenvalue weighted by molar-refractivity contribution is -0.137. The van der Waals surface area contributed by atoms with Gasteiger partial charge >= 0.3 is 5.97 Å². The number of carboxylic acid groups (broad SMARTS) is 1. The van der Waals surface area contributed by atoms with Gasteiger partial charge in [0, 0.05) is 19.5 Å². The van der Waals surface area contributed by atoms with Crippen molar-refractivity contribution in [2.75, 3.05) is 26.7 Å². The molecule has 0 aliphatic carbocycles. The maximum atomic E-state index is 12.1. The summed E-state index contributed by atoms with van der Waals surface area (Å²) in [5.41, 5.74) is 1.01. The summed E-state index contributed by atoms with van der Waals surface area (Å²) in [5.74, 6) is -0.784. The third-order valence-electron chi connectivity index (χ3n) is 3.30. The fraction of sp³-hybridized carbons (Fsp3) is 0.533. The summed E-state index contributed by atoms with van der Waals surface area (Å²) in [5, 5.41) is 8.54. The van der Waals surface area contributed by atoms with Gasteiger partial charge < -0.3 is 10.0 Å². The van der Waals surface area contributed by atoms with E-state index in [0.717, 1.165) is 18.5 Å². The number of hydrogen-bond acceptors (Lipinski definition) is 4. The minimum absolute atomic E-state index is 0.174. The first kappa shape index (κ1) is 18.6. The Hall–Kier alpha value is -1.44. The molecule has 0 unspecified atom stereocenters. The molecule has 0 aromatic heterocycles. The molecule has 0 atom stereocenters. The van der Waals surface area contributed by atoms with Gasteiger partial charge in [0.2, 0.25) is 10.0 Å². The summed E-state index contributed by atoms with van der Waals surface area (Å²) in [7, 11) is -1.57. The minimum Gasteiger partial charge on any atom is -0.481 e. The average molecular weight is 328 g/mol. The molecule has 0 radical (unpaired) electrons. The van der Waals surface area contributed by atoms with Crippen LogP contribution in [0.15, 0.2) is 29.2 Å². The molecule has 0 aliphatic rings. The molecule has 7 heteroatoms. The highest BCUT2D eigenvalue weighted by molar-refractivity contribution is 7.89. The van der Waals surface area contributed by atoms with E-state index < -0.39 is 16.0 Å². The van der Waals surface area contributed by atoms with Crippen molar-refractivity contribution >= 4 is 16.0 Å². The Balaban J connectivity index is 2.30. The highest BCUT2D eigenvalue weighted by Gasteiger charge is 2.13. The highest BCUT2D eigenvalue weighted by atomic mass is 32.2. The third kappa shape index (κ3) is 7.02. The van der Waals surface area contributed by atoms with Gasteiger partial charge in [-0.15, -0.1) is 0 Å². The molecule has 22 heavy (non-hydrogen) atoms. The summed E-state index contributed by atoms with van der Waals surface area (Å²) in [6.45, 7) is 3.56. The van der Waals surface area contributed by atoms with Gasteiger partial charge in [0.15, 0.2) is 0 Å². The van der Waals surface area contributed by atoms with Crippen LogP contribution in [0.25, 0.3) is 0 Å². The highest BCUT2D eigenvalue weighted by Crippen LogP contribution is 2.09. The van der Waals surface area contributed by atoms with E-state index in [-0.39, 0.29) is 11.3 Å².